The Morgan fingerprint density at radius 2 is 1.65 bits per heavy atom. The van der Waals surface area contributed by atoms with Gasteiger partial charge < -0.3 is 16.2 Å². The molecule has 2 fully saturated rings. The zero-order valence-corrected chi connectivity index (χ0v) is 14.9. The molecule has 0 spiro atoms. The van der Waals surface area contributed by atoms with E-state index in [1.54, 1.807) is 0 Å². The second-order valence-corrected chi connectivity index (χ2v) is 9.04. The summed E-state index contributed by atoms with van der Waals surface area (Å²) in [5.74, 6) is -0.709. The number of hydrogen-bond acceptors (Lipinski definition) is 3. The van der Waals surface area contributed by atoms with Crippen LogP contribution in [0.3, 0.4) is 0 Å². The first-order valence-electron chi connectivity index (χ1n) is 8.77. The average Bonchev–Trinajstić information content (AvgIpc) is 3.11. The molecular formula is C18H32N2O3. The van der Waals surface area contributed by atoms with Gasteiger partial charge in [-0.25, -0.2) is 0 Å². The van der Waals surface area contributed by atoms with Gasteiger partial charge in [-0.2, -0.15) is 0 Å². The highest BCUT2D eigenvalue weighted by atomic mass is 16.4. The summed E-state index contributed by atoms with van der Waals surface area (Å²) in [7, 11) is 0. The van der Waals surface area contributed by atoms with Crippen molar-refractivity contribution in [3.05, 3.63) is 0 Å². The lowest BCUT2D eigenvalue weighted by Gasteiger charge is -2.36. The molecule has 0 heterocycles. The monoisotopic (exact) mass is 324 g/mol. The third kappa shape index (κ3) is 4.25. The van der Waals surface area contributed by atoms with Crippen LogP contribution >= 0.6 is 0 Å². The van der Waals surface area contributed by atoms with Gasteiger partial charge in [0.1, 0.15) is 0 Å². The molecule has 132 valence electrons. The number of carboxylic acid groups (broad SMARTS) is 1. The van der Waals surface area contributed by atoms with Crippen LogP contribution in [0.4, 0.5) is 0 Å². The lowest BCUT2D eigenvalue weighted by Crippen LogP contribution is -2.47. The molecule has 2 aliphatic rings. The molecule has 5 heteroatoms. The van der Waals surface area contributed by atoms with Crippen LogP contribution in [0.25, 0.3) is 0 Å². The number of carbonyl (C=O) groups excluding carboxylic acids is 1. The summed E-state index contributed by atoms with van der Waals surface area (Å²) in [5.41, 5.74) is 6.23. The highest BCUT2D eigenvalue weighted by Crippen LogP contribution is 2.56. The van der Waals surface area contributed by atoms with Gasteiger partial charge in [0.25, 0.3) is 0 Å². The van der Waals surface area contributed by atoms with Crippen LogP contribution in [0.2, 0.25) is 0 Å². The lowest BCUT2D eigenvalue weighted by atomic mass is 9.69. The van der Waals surface area contributed by atoms with Crippen LogP contribution in [0, 0.1) is 16.7 Å². The topological polar surface area (TPSA) is 92.4 Å². The van der Waals surface area contributed by atoms with Gasteiger partial charge in [0.2, 0.25) is 5.91 Å². The minimum atomic E-state index is -1.04. The van der Waals surface area contributed by atoms with E-state index in [0.29, 0.717) is 16.7 Å². The highest BCUT2D eigenvalue weighted by molar-refractivity contribution is 5.86. The van der Waals surface area contributed by atoms with Crippen molar-refractivity contribution in [1.82, 2.24) is 5.32 Å². The number of nitrogens with one attached hydrogen (secondary N) is 1. The van der Waals surface area contributed by atoms with Gasteiger partial charge >= 0.3 is 5.97 Å². The fraction of sp³-hybridized carbons (Fsp3) is 0.889. The minimum Gasteiger partial charge on any atom is -0.481 e. The maximum Gasteiger partial charge on any atom is 0.305 e. The third-order valence-corrected chi connectivity index (χ3v) is 6.19. The van der Waals surface area contributed by atoms with Crippen molar-refractivity contribution in [2.24, 2.45) is 22.5 Å². The number of amides is 1. The van der Waals surface area contributed by atoms with E-state index in [4.69, 9.17) is 10.8 Å². The average molecular weight is 324 g/mol. The maximum absolute atomic E-state index is 12.1. The van der Waals surface area contributed by atoms with Gasteiger partial charge in [-0.3, -0.25) is 9.59 Å². The first kappa shape index (κ1) is 18.2. The fourth-order valence-corrected chi connectivity index (χ4v) is 4.48. The predicted molar refractivity (Wildman–Crippen MR) is 89.9 cm³/mol. The van der Waals surface area contributed by atoms with Crippen molar-refractivity contribution < 1.29 is 14.7 Å². The van der Waals surface area contributed by atoms with E-state index in [-0.39, 0.29) is 17.9 Å². The number of nitrogens with two attached hydrogens (primary N) is 1. The van der Waals surface area contributed by atoms with Gasteiger partial charge in [0.15, 0.2) is 0 Å². The third-order valence-electron chi connectivity index (χ3n) is 6.19. The molecule has 0 radical (unpaired) electrons. The molecule has 0 unspecified atom stereocenters. The second kappa shape index (κ2) is 6.08. The molecule has 5 nitrogen and oxygen atoms in total. The summed E-state index contributed by atoms with van der Waals surface area (Å²) < 4.78 is 0. The van der Waals surface area contributed by atoms with E-state index in [1.807, 2.05) is 0 Å². The first-order chi connectivity index (χ1) is 10.5. The Kier molecular flexibility index (Phi) is 4.82. The van der Waals surface area contributed by atoms with Crippen LogP contribution in [-0.2, 0) is 9.59 Å². The maximum atomic E-state index is 12.1. The molecule has 0 bridgehead atoms. The number of rotatable bonds is 7. The van der Waals surface area contributed by atoms with Crippen LogP contribution in [-0.4, -0.2) is 28.6 Å². The van der Waals surface area contributed by atoms with Crippen molar-refractivity contribution in [1.29, 1.82) is 0 Å². The predicted octanol–water partition coefficient (Wildman–Crippen LogP) is 2.68. The minimum absolute atomic E-state index is 0.137. The van der Waals surface area contributed by atoms with E-state index in [0.717, 1.165) is 25.7 Å². The van der Waals surface area contributed by atoms with Gasteiger partial charge in [-0.05, 0) is 55.3 Å². The summed E-state index contributed by atoms with van der Waals surface area (Å²) in [6, 6.07) is -0.954. The van der Waals surface area contributed by atoms with Crippen molar-refractivity contribution >= 4 is 11.9 Å². The molecule has 0 aliphatic heterocycles. The Labute approximate surface area is 139 Å². The van der Waals surface area contributed by atoms with E-state index >= 15 is 0 Å². The number of hydrogen-bond donors (Lipinski definition) is 3. The smallest absolute Gasteiger partial charge is 0.305 e. The van der Waals surface area contributed by atoms with E-state index < -0.39 is 12.0 Å². The summed E-state index contributed by atoms with van der Waals surface area (Å²) in [6.07, 6.45) is 6.23. The van der Waals surface area contributed by atoms with E-state index in [1.165, 1.54) is 12.8 Å². The quantitative estimate of drug-likeness (QED) is 0.671. The molecule has 0 aromatic heterocycles. The summed E-state index contributed by atoms with van der Waals surface area (Å²) >= 11 is 0. The van der Waals surface area contributed by atoms with Crippen LogP contribution in [0.15, 0.2) is 0 Å². The van der Waals surface area contributed by atoms with E-state index in [2.05, 4.69) is 33.0 Å². The molecule has 2 rings (SSSR count). The Morgan fingerprint density at radius 1 is 1.13 bits per heavy atom. The van der Waals surface area contributed by atoms with Crippen molar-refractivity contribution in [2.45, 2.75) is 84.2 Å². The Balaban J connectivity index is 1.90. The largest absolute Gasteiger partial charge is 0.481 e. The number of carboxylic acids is 1. The van der Waals surface area contributed by atoms with Crippen LogP contribution < -0.4 is 11.1 Å². The molecule has 1 atom stereocenters. The van der Waals surface area contributed by atoms with Crippen molar-refractivity contribution in [3.8, 4) is 0 Å². The summed E-state index contributed by atoms with van der Waals surface area (Å²) in [4.78, 5) is 22.8. The lowest BCUT2D eigenvalue weighted by molar-refractivity contribution is -0.139. The molecule has 2 saturated carbocycles. The molecule has 2 aliphatic carbocycles. The second-order valence-electron chi connectivity index (χ2n) is 9.04. The normalized spacial score (nSPS) is 25.8. The zero-order valence-electron chi connectivity index (χ0n) is 14.9. The van der Waals surface area contributed by atoms with Crippen LogP contribution in [0.1, 0.15) is 72.6 Å². The molecule has 0 aromatic carbocycles. The van der Waals surface area contributed by atoms with E-state index in [9.17, 15) is 9.59 Å². The van der Waals surface area contributed by atoms with Gasteiger partial charge in [-0.15, -0.1) is 0 Å². The molecule has 4 N–H and O–H groups in total. The first-order valence-corrected chi connectivity index (χ1v) is 8.77. The number of aliphatic carboxylic acids is 1. The van der Waals surface area contributed by atoms with Crippen molar-refractivity contribution in [2.75, 3.05) is 0 Å². The Morgan fingerprint density at radius 3 is 2.09 bits per heavy atom. The fourth-order valence-electron chi connectivity index (χ4n) is 4.48. The van der Waals surface area contributed by atoms with Gasteiger partial charge in [-0.1, -0.05) is 27.7 Å². The van der Waals surface area contributed by atoms with Crippen LogP contribution in [0.5, 0.6) is 0 Å². The summed E-state index contributed by atoms with van der Waals surface area (Å²) in [5, 5.41) is 11.8. The molecule has 23 heavy (non-hydrogen) atoms. The highest BCUT2D eigenvalue weighted by Gasteiger charge is 2.50. The molecule has 1 amide bonds. The molecular weight excluding hydrogens is 292 g/mol. The standard InChI is InChI=1S/C18H32N2O3/c1-16(2)7-8-17(3,4)13(16)5-6-18(9-10-18)20-15(23)12(19)11-14(21)22/h12-13H,5-11,19H2,1-4H3,(H,20,23)(H,21,22)/t12-/m0/s1. The van der Waals surface area contributed by atoms with Gasteiger partial charge in [0, 0.05) is 5.54 Å². The summed E-state index contributed by atoms with van der Waals surface area (Å²) in [6.45, 7) is 9.42. The molecule has 0 aromatic rings. The number of carbonyl (C=O) groups is 2. The van der Waals surface area contributed by atoms with Gasteiger partial charge in [0.05, 0.1) is 12.5 Å². The zero-order chi connectivity index (χ0) is 17.5. The Hall–Kier alpha value is -1.10. The SMILES string of the molecule is CC1(C)CCC(C)(C)C1CCC1(NC(=O)[C@@H](N)CC(=O)O)CC1. The molecule has 0 saturated heterocycles. The van der Waals surface area contributed by atoms with Crippen molar-refractivity contribution in [3.63, 3.8) is 0 Å². The Bertz CT molecular complexity index is 465.